The minimum Gasteiger partial charge on any atom is -0.344 e. The first-order chi connectivity index (χ1) is 9.97. The van der Waals surface area contributed by atoms with Crippen LogP contribution < -0.4 is 5.32 Å². The molecule has 0 fully saturated rings. The van der Waals surface area contributed by atoms with Crippen LogP contribution in [0.1, 0.15) is 20.8 Å². The van der Waals surface area contributed by atoms with E-state index in [0.29, 0.717) is 18.8 Å². The number of nitrogens with zero attached hydrogens (tertiary/aromatic N) is 1. The van der Waals surface area contributed by atoms with Crippen molar-refractivity contribution in [2.24, 2.45) is 0 Å². The molecule has 1 aromatic rings. The molecule has 1 aromatic carbocycles. The van der Waals surface area contributed by atoms with E-state index >= 15 is 0 Å². The third-order valence-electron chi connectivity index (χ3n) is 2.98. The zero-order chi connectivity index (χ0) is 15.8. The van der Waals surface area contributed by atoms with Crippen LogP contribution >= 0.6 is 11.8 Å². The second kappa shape index (κ2) is 8.67. The maximum atomic E-state index is 12.9. The average molecular weight is 312 g/mol. The molecule has 1 unspecified atom stereocenters. The fraction of sp³-hybridized carbons (Fsp3) is 0.467. The maximum absolute atomic E-state index is 12.9. The van der Waals surface area contributed by atoms with Gasteiger partial charge < -0.3 is 10.2 Å². The lowest BCUT2D eigenvalue weighted by Gasteiger charge is -2.25. The molecule has 0 radical (unpaired) electrons. The predicted octanol–water partition coefficient (Wildman–Crippen LogP) is 2.29. The molecule has 1 rings (SSSR count). The fourth-order valence-electron chi connectivity index (χ4n) is 1.89. The Bertz CT molecular complexity index is 475. The molecular formula is C15H21FN2O2S. The molecule has 1 N–H and O–H groups in total. The Morgan fingerprint density at radius 2 is 1.81 bits per heavy atom. The summed E-state index contributed by atoms with van der Waals surface area (Å²) >= 11 is 1.42. The maximum Gasteiger partial charge on any atom is 0.245 e. The van der Waals surface area contributed by atoms with E-state index in [1.54, 1.807) is 17.0 Å². The highest BCUT2D eigenvalue weighted by Gasteiger charge is 2.23. The zero-order valence-electron chi connectivity index (χ0n) is 12.6. The summed E-state index contributed by atoms with van der Waals surface area (Å²) in [5, 5.41) is 2.69. The van der Waals surface area contributed by atoms with Crippen LogP contribution in [0.25, 0.3) is 0 Å². The predicted molar refractivity (Wildman–Crippen MR) is 82.7 cm³/mol. The van der Waals surface area contributed by atoms with Crippen molar-refractivity contribution < 1.29 is 14.0 Å². The van der Waals surface area contributed by atoms with Gasteiger partial charge in [0.1, 0.15) is 11.9 Å². The van der Waals surface area contributed by atoms with Crippen molar-refractivity contribution in [1.82, 2.24) is 10.2 Å². The number of rotatable bonds is 7. The van der Waals surface area contributed by atoms with E-state index in [0.717, 1.165) is 4.90 Å². The van der Waals surface area contributed by atoms with E-state index in [4.69, 9.17) is 0 Å². The second-order valence-electron chi connectivity index (χ2n) is 4.53. The van der Waals surface area contributed by atoms with Gasteiger partial charge >= 0.3 is 0 Å². The number of nitrogens with one attached hydrogen (secondary N) is 1. The van der Waals surface area contributed by atoms with E-state index in [1.807, 2.05) is 13.8 Å². The van der Waals surface area contributed by atoms with Crippen LogP contribution in [0.3, 0.4) is 0 Å². The average Bonchev–Trinajstić information content (AvgIpc) is 2.46. The molecule has 6 heteroatoms. The molecule has 0 aliphatic carbocycles. The lowest BCUT2D eigenvalue weighted by Crippen LogP contribution is -2.49. The van der Waals surface area contributed by atoms with Crippen LogP contribution in [0.4, 0.5) is 4.39 Å². The van der Waals surface area contributed by atoms with E-state index in [-0.39, 0.29) is 17.6 Å². The van der Waals surface area contributed by atoms with Crippen LogP contribution in [0.15, 0.2) is 29.2 Å². The smallest absolute Gasteiger partial charge is 0.245 e. The molecule has 4 nitrogen and oxygen atoms in total. The van der Waals surface area contributed by atoms with Gasteiger partial charge in [-0.2, -0.15) is 0 Å². The van der Waals surface area contributed by atoms with Crippen molar-refractivity contribution in [1.29, 1.82) is 0 Å². The summed E-state index contributed by atoms with van der Waals surface area (Å²) < 4.78 is 12.9. The Balaban J connectivity index is 2.71. The standard InChI is InChI=1S/C15H21FN2O2S/c1-4-18(5-2)15(20)14(17-11(3)19)10-21-13-8-6-12(16)7-9-13/h6-9,14H,4-5,10H2,1-3H3,(H,17,19). The highest BCUT2D eigenvalue weighted by Crippen LogP contribution is 2.19. The van der Waals surface area contributed by atoms with Gasteiger partial charge in [0, 0.05) is 30.7 Å². The van der Waals surface area contributed by atoms with Crippen LogP contribution in [0.5, 0.6) is 0 Å². The van der Waals surface area contributed by atoms with Crippen molar-refractivity contribution in [2.45, 2.75) is 31.7 Å². The van der Waals surface area contributed by atoms with E-state index in [1.165, 1.54) is 30.8 Å². The number of likely N-dealkylation sites (N-methyl/N-ethyl adjacent to an activating group) is 1. The van der Waals surface area contributed by atoms with Gasteiger partial charge in [0.2, 0.25) is 11.8 Å². The minimum absolute atomic E-state index is 0.0928. The van der Waals surface area contributed by atoms with Gasteiger partial charge in [-0.1, -0.05) is 0 Å². The second-order valence-corrected chi connectivity index (χ2v) is 5.62. The Hall–Kier alpha value is -1.56. The van der Waals surface area contributed by atoms with Gasteiger partial charge in [0.15, 0.2) is 0 Å². The highest BCUT2D eigenvalue weighted by atomic mass is 32.2. The number of halogens is 1. The largest absolute Gasteiger partial charge is 0.344 e. The number of hydrogen-bond acceptors (Lipinski definition) is 3. The Morgan fingerprint density at radius 1 is 1.24 bits per heavy atom. The molecule has 0 saturated heterocycles. The van der Waals surface area contributed by atoms with Gasteiger partial charge in [-0.15, -0.1) is 11.8 Å². The first-order valence-electron chi connectivity index (χ1n) is 6.92. The van der Waals surface area contributed by atoms with Crippen LogP contribution in [0, 0.1) is 5.82 Å². The van der Waals surface area contributed by atoms with Crippen molar-refractivity contribution in [3.63, 3.8) is 0 Å². The van der Waals surface area contributed by atoms with Crippen molar-refractivity contribution in [3.8, 4) is 0 Å². The monoisotopic (exact) mass is 312 g/mol. The van der Waals surface area contributed by atoms with E-state index in [9.17, 15) is 14.0 Å². The van der Waals surface area contributed by atoms with Crippen LogP contribution in [0.2, 0.25) is 0 Å². The molecule has 0 heterocycles. The lowest BCUT2D eigenvalue weighted by molar-refractivity contribution is -0.135. The molecule has 21 heavy (non-hydrogen) atoms. The third kappa shape index (κ3) is 5.75. The summed E-state index contributed by atoms with van der Waals surface area (Å²) in [6.45, 7) is 6.41. The first kappa shape index (κ1) is 17.5. The number of benzene rings is 1. The Morgan fingerprint density at radius 3 is 2.29 bits per heavy atom. The molecule has 1 atom stereocenters. The summed E-state index contributed by atoms with van der Waals surface area (Å²) in [5.41, 5.74) is 0. The van der Waals surface area contributed by atoms with Crippen LogP contribution in [-0.2, 0) is 9.59 Å². The molecular weight excluding hydrogens is 291 g/mol. The topological polar surface area (TPSA) is 49.4 Å². The summed E-state index contributed by atoms with van der Waals surface area (Å²) in [6, 6.07) is 5.50. The Labute approximate surface area is 129 Å². The van der Waals surface area contributed by atoms with Gasteiger partial charge in [-0.25, -0.2) is 4.39 Å². The summed E-state index contributed by atoms with van der Waals surface area (Å²) in [7, 11) is 0. The molecule has 0 spiro atoms. The zero-order valence-corrected chi connectivity index (χ0v) is 13.4. The number of thioether (sulfide) groups is 1. The molecule has 0 saturated carbocycles. The highest BCUT2D eigenvalue weighted by molar-refractivity contribution is 7.99. The molecule has 0 bridgehead atoms. The molecule has 2 amide bonds. The summed E-state index contributed by atoms with van der Waals surface area (Å²) in [5.74, 6) is -0.206. The lowest BCUT2D eigenvalue weighted by atomic mass is 10.2. The van der Waals surface area contributed by atoms with E-state index < -0.39 is 6.04 Å². The number of carbonyl (C=O) groups excluding carboxylic acids is 2. The van der Waals surface area contributed by atoms with Crippen LogP contribution in [-0.4, -0.2) is 41.6 Å². The normalized spacial score (nSPS) is 11.8. The SMILES string of the molecule is CCN(CC)C(=O)C(CSc1ccc(F)cc1)NC(C)=O. The minimum atomic E-state index is -0.572. The number of hydrogen-bond donors (Lipinski definition) is 1. The summed E-state index contributed by atoms with van der Waals surface area (Å²) in [6.07, 6.45) is 0. The van der Waals surface area contributed by atoms with Gasteiger partial charge in [-0.05, 0) is 38.1 Å². The van der Waals surface area contributed by atoms with Crippen molar-refractivity contribution in [2.75, 3.05) is 18.8 Å². The third-order valence-corrected chi connectivity index (χ3v) is 4.09. The first-order valence-corrected chi connectivity index (χ1v) is 7.90. The van der Waals surface area contributed by atoms with Gasteiger partial charge in [-0.3, -0.25) is 9.59 Å². The van der Waals surface area contributed by atoms with Crippen molar-refractivity contribution >= 4 is 23.6 Å². The molecule has 0 aromatic heterocycles. The molecule has 116 valence electrons. The quantitative estimate of drug-likeness (QED) is 0.786. The molecule has 0 aliphatic heterocycles. The Kier molecular flexibility index (Phi) is 7.22. The molecule has 0 aliphatic rings. The number of amides is 2. The van der Waals surface area contributed by atoms with Gasteiger partial charge in [0.05, 0.1) is 0 Å². The van der Waals surface area contributed by atoms with Gasteiger partial charge in [0.25, 0.3) is 0 Å². The summed E-state index contributed by atoms with van der Waals surface area (Å²) in [4.78, 5) is 26.2. The van der Waals surface area contributed by atoms with E-state index in [2.05, 4.69) is 5.32 Å². The van der Waals surface area contributed by atoms with Crippen molar-refractivity contribution in [3.05, 3.63) is 30.1 Å². The fourth-order valence-corrected chi connectivity index (χ4v) is 2.80. The number of carbonyl (C=O) groups is 2.